The van der Waals surface area contributed by atoms with Gasteiger partial charge in [0.25, 0.3) is 5.76 Å². The zero-order valence-corrected chi connectivity index (χ0v) is 10.6. The van der Waals surface area contributed by atoms with E-state index in [1.165, 1.54) is 0 Å². The van der Waals surface area contributed by atoms with Gasteiger partial charge in [0.1, 0.15) is 0 Å². The van der Waals surface area contributed by atoms with Gasteiger partial charge in [-0.1, -0.05) is 23.9 Å². The Balaban J connectivity index is 2.57. The van der Waals surface area contributed by atoms with Gasteiger partial charge in [-0.2, -0.15) is 8.78 Å². The molecule has 0 radical (unpaired) electrons. The average molecular weight is 275 g/mol. The highest BCUT2D eigenvalue weighted by atomic mass is 32.2. The molecule has 0 aliphatic carbocycles. The number of amides is 1. The number of nitrogens with one attached hydrogen (secondary N) is 1. The lowest BCUT2D eigenvalue weighted by Gasteiger charge is -2.10. The predicted octanol–water partition coefficient (Wildman–Crippen LogP) is 3.10. The third-order valence-electron chi connectivity index (χ3n) is 2.19. The molecular formula is C12H15F2NO2S. The maximum absolute atomic E-state index is 12.3. The third-order valence-corrected chi connectivity index (χ3v) is 2.98. The Morgan fingerprint density at radius 2 is 2.06 bits per heavy atom. The first-order valence-corrected chi connectivity index (χ1v) is 6.46. The van der Waals surface area contributed by atoms with Crippen LogP contribution in [0.25, 0.3) is 0 Å². The van der Waals surface area contributed by atoms with Crippen LogP contribution >= 0.6 is 11.8 Å². The van der Waals surface area contributed by atoms with Gasteiger partial charge in [0.05, 0.1) is 5.69 Å². The molecule has 0 saturated carbocycles. The van der Waals surface area contributed by atoms with Gasteiger partial charge in [-0.3, -0.25) is 4.79 Å². The molecule has 0 aliphatic heterocycles. The summed E-state index contributed by atoms with van der Waals surface area (Å²) in [5.74, 6) is -2.75. The van der Waals surface area contributed by atoms with Crippen molar-refractivity contribution in [3.05, 3.63) is 24.3 Å². The number of aliphatic hydroxyl groups is 1. The minimum Gasteiger partial charge on any atom is -0.396 e. The van der Waals surface area contributed by atoms with E-state index in [1.807, 2.05) is 0 Å². The number of carbonyl (C=O) groups excluding carboxylic acids is 1. The zero-order valence-electron chi connectivity index (χ0n) is 9.73. The lowest BCUT2D eigenvalue weighted by molar-refractivity contribution is -0.116. The Hall–Kier alpha value is -1.14. The molecule has 1 amide bonds. The van der Waals surface area contributed by atoms with E-state index in [0.29, 0.717) is 35.2 Å². The predicted molar refractivity (Wildman–Crippen MR) is 67.9 cm³/mol. The van der Waals surface area contributed by atoms with Crippen molar-refractivity contribution in [3.8, 4) is 0 Å². The number of thioether (sulfide) groups is 1. The Labute approximate surface area is 109 Å². The summed E-state index contributed by atoms with van der Waals surface area (Å²) in [5, 5.41) is 11.2. The lowest BCUT2D eigenvalue weighted by atomic mass is 10.2. The third kappa shape index (κ3) is 5.46. The molecule has 1 rings (SSSR count). The fraction of sp³-hybridized carbons (Fsp3) is 0.417. The van der Waals surface area contributed by atoms with Crippen LogP contribution in [-0.2, 0) is 4.79 Å². The number of hydrogen-bond donors (Lipinski definition) is 2. The molecule has 1 aromatic rings. The van der Waals surface area contributed by atoms with Gasteiger partial charge in [0.15, 0.2) is 0 Å². The van der Waals surface area contributed by atoms with E-state index in [4.69, 9.17) is 5.11 Å². The SMILES string of the molecule is O=C(CCCCO)Nc1ccccc1SC(F)F. The lowest BCUT2D eigenvalue weighted by Crippen LogP contribution is -2.12. The maximum atomic E-state index is 12.3. The van der Waals surface area contributed by atoms with Crippen molar-refractivity contribution in [2.45, 2.75) is 29.9 Å². The summed E-state index contributed by atoms with van der Waals surface area (Å²) >= 11 is 0.407. The number of benzene rings is 1. The molecule has 0 spiro atoms. The van der Waals surface area contributed by atoms with Gasteiger partial charge < -0.3 is 10.4 Å². The van der Waals surface area contributed by atoms with Crippen LogP contribution in [0.3, 0.4) is 0 Å². The van der Waals surface area contributed by atoms with Gasteiger partial charge in [-0.05, 0) is 25.0 Å². The van der Waals surface area contributed by atoms with Crippen molar-refractivity contribution in [1.82, 2.24) is 0 Å². The van der Waals surface area contributed by atoms with Gasteiger partial charge in [0, 0.05) is 17.9 Å². The van der Waals surface area contributed by atoms with Crippen molar-refractivity contribution in [2.24, 2.45) is 0 Å². The topological polar surface area (TPSA) is 49.3 Å². The molecule has 2 N–H and O–H groups in total. The van der Waals surface area contributed by atoms with Crippen LogP contribution in [0.2, 0.25) is 0 Å². The number of unbranched alkanes of at least 4 members (excludes halogenated alkanes) is 1. The second-order valence-electron chi connectivity index (χ2n) is 3.60. The second-order valence-corrected chi connectivity index (χ2v) is 4.64. The fourth-order valence-electron chi connectivity index (χ4n) is 1.38. The largest absolute Gasteiger partial charge is 0.396 e. The van der Waals surface area contributed by atoms with Crippen LogP contribution in [0.15, 0.2) is 29.2 Å². The minimum absolute atomic E-state index is 0.0467. The summed E-state index contributed by atoms with van der Waals surface area (Å²) in [6.45, 7) is 0.0467. The normalized spacial score (nSPS) is 10.7. The molecule has 1 aromatic carbocycles. The molecule has 18 heavy (non-hydrogen) atoms. The van der Waals surface area contributed by atoms with E-state index in [9.17, 15) is 13.6 Å². The van der Waals surface area contributed by atoms with Crippen molar-refractivity contribution in [3.63, 3.8) is 0 Å². The van der Waals surface area contributed by atoms with Crippen LogP contribution in [0, 0.1) is 0 Å². The Morgan fingerprint density at radius 1 is 1.33 bits per heavy atom. The molecule has 0 aromatic heterocycles. The highest BCUT2D eigenvalue weighted by molar-refractivity contribution is 7.99. The minimum atomic E-state index is -2.52. The number of carbonyl (C=O) groups is 1. The highest BCUT2D eigenvalue weighted by Gasteiger charge is 2.11. The van der Waals surface area contributed by atoms with Crippen LogP contribution in [-0.4, -0.2) is 23.4 Å². The van der Waals surface area contributed by atoms with Crippen LogP contribution < -0.4 is 5.32 Å². The molecule has 100 valence electrons. The molecular weight excluding hydrogens is 260 g/mol. The average Bonchev–Trinajstić information content (AvgIpc) is 2.31. The van der Waals surface area contributed by atoms with Gasteiger partial charge in [0.2, 0.25) is 5.91 Å². The number of anilines is 1. The first kappa shape index (κ1) is 14.9. The van der Waals surface area contributed by atoms with Crippen LogP contribution in [0.1, 0.15) is 19.3 Å². The number of hydrogen-bond acceptors (Lipinski definition) is 3. The summed E-state index contributed by atoms with van der Waals surface area (Å²) in [6, 6.07) is 6.46. The van der Waals surface area contributed by atoms with E-state index in [0.717, 1.165) is 0 Å². The summed E-state index contributed by atoms with van der Waals surface area (Å²) in [4.78, 5) is 11.9. The monoisotopic (exact) mass is 275 g/mol. The fourth-order valence-corrected chi connectivity index (χ4v) is 1.97. The van der Waals surface area contributed by atoms with E-state index in [2.05, 4.69) is 5.32 Å². The zero-order chi connectivity index (χ0) is 13.4. The van der Waals surface area contributed by atoms with E-state index in [-0.39, 0.29) is 18.9 Å². The number of para-hydroxylation sites is 1. The number of rotatable bonds is 7. The first-order valence-electron chi connectivity index (χ1n) is 5.58. The van der Waals surface area contributed by atoms with Crippen molar-refractivity contribution in [2.75, 3.05) is 11.9 Å². The van der Waals surface area contributed by atoms with Gasteiger partial charge >= 0.3 is 0 Å². The summed E-state index contributed by atoms with van der Waals surface area (Å²) in [5.41, 5.74) is 0.400. The van der Waals surface area contributed by atoms with Crippen molar-refractivity contribution < 1.29 is 18.7 Å². The molecule has 0 aliphatic rings. The molecule has 0 atom stereocenters. The van der Waals surface area contributed by atoms with Crippen LogP contribution in [0.5, 0.6) is 0 Å². The van der Waals surface area contributed by atoms with Crippen molar-refractivity contribution in [1.29, 1.82) is 0 Å². The van der Waals surface area contributed by atoms with E-state index < -0.39 is 5.76 Å². The maximum Gasteiger partial charge on any atom is 0.288 e. The Bertz CT molecular complexity index is 388. The summed E-state index contributed by atoms with van der Waals surface area (Å²) in [6.07, 6.45) is 1.40. The van der Waals surface area contributed by atoms with E-state index >= 15 is 0 Å². The molecule has 0 bridgehead atoms. The quantitative estimate of drug-likeness (QED) is 0.594. The smallest absolute Gasteiger partial charge is 0.288 e. The number of aliphatic hydroxyl groups excluding tert-OH is 1. The van der Waals surface area contributed by atoms with Gasteiger partial charge in [-0.25, -0.2) is 0 Å². The second kappa shape index (κ2) is 8.05. The summed E-state index contributed by atoms with van der Waals surface area (Å²) < 4.78 is 24.6. The van der Waals surface area contributed by atoms with Crippen LogP contribution in [0.4, 0.5) is 14.5 Å². The molecule has 0 fully saturated rings. The first-order chi connectivity index (χ1) is 8.63. The number of halogens is 2. The molecule has 0 heterocycles. The van der Waals surface area contributed by atoms with Gasteiger partial charge in [-0.15, -0.1) is 0 Å². The highest BCUT2D eigenvalue weighted by Crippen LogP contribution is 2.31. The number of alkyl halides is 2. The Morgan fingerprint density at radius 3 is 2.72 bits per heavy atom. The molecule has 6 heteroatoms. The van der Waals surface area contributed by atoms with E-state index in [1.54, 1.807) is 24.3 Å². The molecule has 0 saturated heterocycles. The molecule has 3 nitrogen and oxygen atoms in total. The molecule has 0 unspecified atom stereocenters. The van der Waals surface area contributed by atoms with Crippen molar-refractivity contribution >= 4 is 23.4 Å². The Kier molecular flexibility index (Phi) is 6.67. The standard InChI is InChI=1S/C12H15F2NO2S/c13-12(14)18-10-6-2-1-5-9(10)15-11(17)7-3-4-8-16/h1-2,5-6,12,16H,3-4,7-8H2,(H,15,17). The summed E-state index contributed by atoms with van der Waals surface area (Å²) in [7, 11) is 0.